The summed E-state index contributed by atoms with van der Waals surface area (Å²) in [6.07, 6.45) is 2.75. The topological polar surface area (TPSA) is 75.6 Å². The summed E-state index contributed by atoms with van der Waals surface area (Å²) in [4.78, 5) is 21.2. The van der Waals surface area contributed by atoms with E-state index in [0.29, 0.717) is 19.6 Å². The first kappa shape index (κ1) is 13.5. The molecule has 0 aromatic heterocycles. The predicted octanol–water partition coefficient (Wildman–Crippen LogP) is 0.908. The molecule has 0 unspecified atom stereocenters. The number of carboxylic acid groups (broad SMARTS) is 1. The summed E-state index contributed by atoms with van der Waals surface area (Å²) in [7, 11) is 0. The highest BCUT2D eigenvalue weighted by atomic mass is 16.5. The van der Waals surface area contributed by atoms with Crippen molar-refractivity contribution in [1.29, 1.82) is 0 Å². The van der Waals surface area contributed by atoms with Crippen molar-refractivity contribution >= 4 is 11.9 Å². The number of aliphatic carboxylic acids is 1. The predicted molar refractivity (Wildman–Crippen MR) is 55.3 cm³/mol. The number of carbonyl (C=O) groups excluding carboxylic acids is 1. The molecule has 0 aliphatic rings. The Hall–Kier alpha value is -1.52. The number of hydrogen-bond donors (Lipinski definition) is 2. The monoisotopic (exact) mass is 215 g/mol. The Morgan fingerprint density at radius 1 is 1.33 bits per heavy atom. The zero-order valence-electron chi connectivity index (χ0n) is 8.70. The summed E-state index contributed by atoms with van der Waals surface area (Å²) in [5.74, 6) is -0.989. The van der Waals surface area contributed by atoms with Crippen molar-refractivity contribution in [3.05, 3.63) is 12.8 Å². The molecule has 1 amide bonds. The maximum atomic E-state index is 11.1. The molecule has 0 atom stereocenters. The Bertz CT molecular complexity index is 215. The third kappa shape index (κ3) is 10.4. The Balaban J connectivity index is 3.25. The lowest BCUT2D eigenvalue weighted by Crippen LogP contribution is -2.24. The van der Waals surface area contributed by atoms with E-state index in [1.165, 1.54) is 6.26 Å². The highest BCUT2D eigenvalue weighted by Crippen LogP contribution is 1.94. The van der Waals surface area contributed by atoms with E-state index in [4.69, 9.17) is 9.84 Å². The number of ether oxygens (including phenoxy) is 1. The van der Waals surface area contributed by atoms with Gasteiger partial charge >= 0.3 is 5.97 Å². The minimum absolute atomic E-state index is 0.0347. The van der Waals surface area contributed by atoms with Crippen LogP contribution in [-0.2, 0) is 14.3 Å². The second kappa shape index (κ2) is 9.05. The lowest BCUT2D eigenvalue weighted by atomic mass is 10.2. The molecule has 86 valence electrons. The van der Waals surface area contributed by atoms with E-state index in [0.717, 1.165) is 6.42 Å². The maximum absolute atomic E-state index is 11.1. The van der Waals surface area contributed by atoms with Crippen LogP contribution < -0.4 is 5.32 Å². The first-order chi connectivity index (χ1) is 7.16. The second-order valence-corrected chi connectivity index (χ2v) is 2.99. The van der Waals surface area contributed by atoms with Crippen molar-refractivity contribution in [3.63, 3.8) is 0 Å². The fraction of sp³-hybridized carbons (Fsp3) is 0.600. The molecule has 0 spiro atoms. The van der Waals surface area contributed by atoms with Gasteiger partial charge in [-0.1, -0.05) is 6.58 Å². The van der Waals surface area contributed by atoms with Gasteiger partial charge in [0.15, 0.2) is 0 Å². The van der Waals surface area contributed by atoms with Crippen molar-refractivity contribution in [1.82, 2.24) is 5.32 Å². The number of hydrogen-bond acceptors (Lipinski definition) is 3. The highest BCUT2D eigenvalue weighted by Gasteiger charge is 2.02. The molecular formula is C10H17NO4. The van der Waals surface area contributed by atoms with Crippen molar-refractivity contribution in [2.24, 2.45) is 0 Å². The molecule has 0 rings (SSSR count). The highest BCUT2D eigenvalue weighted by molar-refractivity contribution is 5.76. The van der Waals surface area contributed by atoms with Crippen LogP contribution in [0.25, 0.3) is 0 Å². The molecule has 5 heteroatoms. The van der Waals surface area contributed by atoms with Gasteiger partial charge in [0, 0.05) is 19.4 Å². The minimum atomic E-state index is -0.873. The Morgan fingerprint density at radius 2 is 2.07 bits per heavy atom. The maximum Gasteiger partial charge on any atom is 0.303 e. The number of rotatable bonds is 9. The summed E-state index contributed by atoms with van der Waals surface area (Å²) in [6, 6.07) is 0. The van der Waals surface area contributed by atoms with Crippen LogP contribution in [0.4, 0.5) is 0 Å². The minimum Gasteiger partial charge on any atom is -0.502 e. The van der Waals surface area contributed by atoms with Crippen LogP contribution in [0.3, 0.4) is 0 Å². The number of nitrogens with one attached hydrogen (secondary N) is 1. The third-order valence-corrected chi connectivity index (χ3v) is 1.67. The number of carbonyl (C=O) groups is 2. The quantitative estimate of drug-likeness (QED) is 0.442. The molecule has 0 fully saturated rings. The van der Waals surface area contributed by atoms with Crippen LogP contribution in [0.15, 0.2) is 12.8 Å². The molecular weight excluding hydrogens is 198 g/mol. The van der Waals surface area contributed by atoms with Gasteiger partial charge in [0.2, 0.25) is 5.91 Å². The first-order valence-corrected chi connectivity index (χ1v) is 4.88. The van der Waals surface area contributed by atoms with Gasteiger partial charge in [0.05, 0.1) is 12.9 Å². The van der Waals surface area contributed by atoms with Crippen LogP contribution in [0.5, 0.6) is 0 Å². The molecule has 0 aromatic carbocycles. The van der Waals surface area contributed by atoms with Gasteiger partial charge in [-0.25, -0.2) is 0 Å². The third-order valence-electron chi connectivity index (χ3n) is 1.67. The van der Waals surface area contributed by atoms with Crippen LogP contribution >= 0.6 is 0 Å². The van der Waals surface area contributed by atoms with Gasteiger partial charge in [-0.05, 0) is 12.8 Å². The van der Waals surface area contributed by atoms with E-state index >= 15 is 0 Å². The summed E-state index contributed by atoms with van der Waals surface area (Å²) in [5, 5.41) is 11.0. The summed E-state index contributed by atoms with van der Waals surface area (Å²) < 4.78 is 4.86. The van der Waals surface area contributed by atoms with E-state index in [1.54, 1.807) is 0 Å². The molecule has 0 aliphatic heterocycles. The molecule has 5 nitrogen and oxygen atoms in total. The average molecular weight is 215 g/mol. The van der Waals surface area contributed by atoms with Crippen LogP contribution in [-0.4, -0.2) is 30.1 Å². The number of amides is 1. The molecule has 0 saturated carbocycles. The van der Waals surface area contributed by atoms with E-state index in [9.17, 15) is 9.59 Å². The van der Waals surface area contributed by atoms with Gasteiger partial charge in [-0.3, -0.25) is 9.59 Å². The largest absolute Gasteiger partial charge is 0.502 e. The summed E-state index contributed by atoms with van der Waals surface area (Å²) in [5.41, 5.74) is 0. The van der Waals surface area contributed by atoms with E-state index in [1.807, 2.05) is 0 Å². The summed E-state index contributed by atoms with van der Waals surface area (Å²) in [6.45, 7) is 4.45. The molecule has 0 bridgehead atoms. The van der Waals surface area contributed by atoms with E-state index in [2.05, 4.69) is 11.9 Å². The normalized spacial score (nSPS) is 9.33. The van der Waals surface area contributed by atoms with Crippen LogP contribution in [0.1, 0.15) is 25.7 Å². The van der Waals surface area contributed by atoms with Crippen LogP contribution in [0.2, 0.25) is 0 Å². The average Bonchev–Trinajstić information content (AvgIpc) is 2.17. The lowest BCUT2D eigenvalue weighted by molar-refractivity contribution is -0.137. The molecule has 0 saturated heterocycles. The molecule has 15 heavy (non-hydrogen) atoms. The summed E-state index contributed by atoms with van der Waals surface area (Å²) >= 11 is 0. The lowest BCUT2D eigenvalue weighted by Gasteiger charge is -2.04. The standard InChI is InChI=1S/C10H17NO4/c1-2-15-8-4-7-11-9(12)5-3-6-10(13)14/h2H,1,3-8H2,(H,11,12)(H,13,14). The van der Waals surface area contributed by atoms with Crippen molar-refractivity contribution < 1.29 is 19.4 Å². The van der Waals surface area contributed by atoms with Gasteiger partial charge in [0.1, 0.15) is 0 Å². The molecule has 2 N–H and O–H groups in total. The van der Waals surface area contributed by atoms with Crippen molar-refractivity contribution in [2.45, 2.75) is 25.7 Å². The van der Waals surface area contributed by atoms with Gasteiger partial charge < -0.3 is 15.2 Å². The van der Waals surface area contributed by atoms with Crippen molar-refractivity contribution in [3.8, 4) is 0 Å². The zero-order valence-corrected chi connectivity index (χ0v) is 8.70. The van der Waals surface area contributed by atoms with E-state index < -0.39 is 5.97 Å². The fourth-order valence-corrected chi connectivity index (χ4v) is 0.955. The molecule has 0 heterocycles. The van der Waals surface area contributed by atoms with Crippen LogP contribution in [0, 0.1) is 0 Å². The van der Waals surface area contributed by atoms with Gasteiger partial charge in [-0.15, -0.1) is 0 Å². The Kier molecular flexibility index (Phi) is 8.13. The first-order valence-electron chi connectivity index (χ1n) is 4.88. The second-order valence-electron chi connectivity index (χ2n) is 2.99. The smallest absolute Gasteiger partial charge is 0.303 e. The Morgan fingerprint density at radius 3 is 2.67 bits per heavy atom. The zero-order chi connectivity index (χ0) is 11.5. The number of carboxylic acids is 1. The Labute approximate surface area is 89.1 Å². The molecule has 0 radical (unpaired) electrons. The van der Waals surface area contributed by atoms with Crippen molar-refractivity contribution in [2.75, 3.05) is 13.2 Å². The fourth-order valence-electron chi connectivity index (χ4n) is 0.955. The SMILES string of the molecule is C=COCCCNC(=O)CCCC(=O)O. The van der Waals surface area contributed by atoms with E-state index in [-0.39, 0.29) is 18.7 Å². The molecule has 0 aliphatic carbocycles. The molecule has 0 aromatic rings. The van der Waals surface area contributed by atoms with Gasteiger partial charge in [0.25, 0.3) is 0 Å². The van der Waals surface area contributed by atoms with Gasteiger partial charge in [-0.2, -0.15) is 0 Å².